The summed E-state index contributed by atoms with van der Waals surface area (Å²) in [7, 11) is 0. The second-order valence-electron chi connectivity index (χ2n) is 5.35. The van der Waals surface area contributed by atoms with Crippen molar-refractivity contribution in [1.29, 1.82) is 0 Å². The normalized spacial score (nSPS) is 14.3. The van der Waals surface area contributed by atoms with Crippen molar-refractivity contribution in [3.05, 3.63) is 30.1 Å². The van der Waals surface area contributed by atoms with Crippen molar-refractivity contribution in [3.63, 3.8) is 0 Å². The van der Waals surface area contributed by atoms with Crippen LogP contribution in [0.25, 0.3) is 11.0 Å². The third-order valence-electron chi connectivity index (χ3n) is 3.62. The summed E-state index contributed by atoms with van der Waals surface area (Å²) in [6, 6.07) is 8.00. The fraction of sp³-hybridized carbons (Fsp3) is 0.467. The molecule has 108 valence electrons. The maximum atomic E-state index is 11.0. The predicted molar refractivity (Wildman–Crippen MR) is 78.6 cm³/mol. The van der Waals surface area contributed by atoms with E-state index in [1.54, 1.807) is 6.92 Å². The van der Waals surface area contributed by atoms with E-state index in [1.165, 1.54) is 0 Å². The number of aromatic nitrogens is 2. The number of nitrogens with zero attached hydrogens (tertiary/aromatic N) is 2. The van der Waals surface area contributed by atoms with E-state index in [-0.39, 0.29) is 0 Å². The minimum absolute atomic E-state index is 0.442. The molecule has 3 N–H and O–H groups in total. The van der Waals surface area contributed by atoms with E-state index in [0.29, 0.717) is 12.8 Å². The van der Waals surface area contributed by atoms with Gasteiger partial charge in [-0.2, -0.15) is 0 Å². The minimum Gasteiger partial charge on any atom is -0.480 e. The largest absolute Gasteiger partial charge is 0.480 e. The molecule has 0 aliphatic rings. The van der Waals surface area contributed by atoms with E-state index in [9.17, 15) is 4.79 Å². The zero-order valence-electron chi connectivity index (χ0n) is 12.0. The number of rotatable bonds is 6. The molecular weight excluding hydrogens is 254 g/mol. The number of imidazole rings is 1. The zero-order chi connectivity index (χ0) is 14.8. The fourth-order valence-corrected chi connectivity index (χ4v) is 2.36. The van der Waals surface area contributed by atoms with Crippen molar-refractivity contribution in [2.45, 2.75) is 45.2 Å². The molecule has 1 aromatic carbocycles. The van der Waals surface area contributed by atoms with Crippen LogP contribution in [-0.2, 0) is 17.8 Å². The standard InChI is InChI=1S/C15H21N3O2/c1-3-13-17-11-7-4-5-8-12(11)18(13)10-6-9-15(2,16)14(19)20/h4-5,7-8H,3,6,9-10,16H2,1-2H3,(H,19,20). The van der Waals surface area contributed by atoms with Crippen molar-refractivity contribution >= 4 is 17.0 Å². The van der Waals surface area contributed by atoms with Gasteiger partial charge in [0.05, 0.1) is 11.0 Å². The summed E-state index contributed by atoms with van der Waals surface area (Å²) >= 11 is 0. The number of carboxylic acids is 1. The molecule has 0 fully saturated rings. The van der Waals surface area contributed by atoms with Crippen molar-refractivity contribution in [3.8, 4) is 0 Å². The number of para-hydroxylation sites is 2. The van der Waals surface area contributed by atoms with Gasteiger partial charge in [0, 0.05) is 13.0 Å². The SMILES string of the molecule is CCc1nc2ccccc2n1CCCC(C)(N)C(=O)O. The van der Waals surface area contributed by atoms with Gasteiger partial charge in [0.25, 0.3) is 0 Å². The van der Waals surface area contributed by atoms with Gasteiger partial charge < -0.3 is 15.4 Å². The summed E-state index contributed by atoms with van der Waals surface area (Å²) in [4.78, 5) is 15.6. The lowest BCUT2D eigenvalue weighted by atomic mass is 9.97. The Hall–Kier alpha value is -1.88. The van der Waals surface area contributed by atoms with Gasteiger partial charge in [-0.15, -0.1) is 0 Å². The molecule has 0 amide bonds. The minimum atomic E-state index is -1.16. The first-order valence-electron chi connectivity index (χ1n) is 6.92. The molecule has 0 aliphatic heterocycles. The molecule has 0 aliphatic carbocycles. The lowest BCUT2D eigenvalue weighted by molar-refractivity contribution is -0.142. The highest BCUT2D eigenvalue weighted by Crippen LogP contribution is 2.18. The highest BCUT2D eigenvalue weighted by molar-refractivity contribution is 5.78. The Labute approximate surface area is 118 Å². The molecule has 2 aromatic rings. The van der Waals surface area contributed by atoms with Crippen LogP contribution in [0.3, 0.4) is 0 Å². The van der Waals surface area contributed by atoms with Crippen LogP contribution in [0, 0.1) is 0 Å². The number of hydrogen-bond acceptors (Lipinski definition) is 3. The van der Waals surface area contributed by atoms with Crippen molar-refractivity contribution in [2.75, 3.05) is 0 Å². The second-order valence-corrected chi connectivity index (χ2v) is 5.35. The van der Waals surface area contributed by atoms with Gasteiger partial charge in [0.15, 0.2) is 0 Å². The molecule has 1 unspecified atom stereocenters. The lowest BCUT2D eigenvalue weighted by Crippen LogP contribution is -2.44. The number of benzene rings is 1. The number of carbonyl (C=O) groups is 1. The third-order valence-corrected chi connectivity index (χ3v) is 3.62. The van der Waals surface area contributed by atoms with Crippen LogP contribution in [0.1, 0.15) is 32.5 Å². The second kappa shape index (κ2) is 5.63. The van der Waals surface area contributed by atoms with Gasteiger partial charge in [-0.05, 0) is 31.9 Å². The zero-order valence-corrected chi connectivity index (χ0v) is 12.0. The quantitative estimate of drug-likeness (QED) is 0.846. The third kappa shape index (κ3) is 2.82. The van der Waals surface area contributed by atoms with E-state index in [1.807, 2.05) is 24.3 Å². The molecule has 0 spiro atoms. The van der Waals surface area contributed by atoms with E-state index >= 15 is 0 Å². The lowest BCUT2D eigenvalue weighted by Gasteiger charge is -2.19. The van der Waals surface area contributed by atoms with Crippen LogP contribution < -0.4 is 5.73 Å². The summed E-state index contributed by atoms with van der Waals surface area (Å²) in [5.41, 5.74) is 6.67. The molecule has 0 bridgehead atoms. The van der Waals surface area contributed by atoms with E-state index in [4.69, 9.17) is 10.8 Å². The van der Waals surface area contributed by atoms with Crippen LogP contribution in [0.4, 0.5) is 0 Å². The Kier molecular flexibility index (Phi) is 4.09. The van der Waals surface area contributed by atoms with Gasteiger partial charge in [-0.3, -0.25) is 4.79 Å². The molecule has 20 heavy (non-hydrogen) atoms. The summed E-state index contributed by atoms with van der Waals surface area (Å²) in [6.07, 6.45) is 2.01. The number of aliphatic carboxylic acids is 1. The maximum absolute atomic E-state index is 11.0. The molecule has 2 rings (SSSR count). The van der Waals surface area contributed by atoms with Gasteiger partial charge in [-0.1, -0.05) is 19.1 Å². The van der Waals surface area contributed by atoms with E-state index in [0.717, 1.165) is 29.8 Å². The summed E-state index contributed by atoms with van der Waals surface area (Å²) in [5.74, 6) is 0.0731. The number of hydrogen-bond donors (Lipinski definition) is 2. The average Bonchev–Trinajstić information content (AvgIpc) is 2.77. The first-order chi connectivity index (χ1) is 9.45. The number of carboxylic acid groups (broad SMARTS) is 1. The molecule has 5 nitrogen and oxygen atoms in total. The molecule has 1 aromatic heterocycles. The van der Waals surface area contributed by atoms with Crippen molar-refractivity contribution < 1.29 is 9.90 Å². The smallest absolute Gasteiger partial charge is 0.323 e. The summed E-state index contributed by atoms with van der Waals surface area (Å²) in [5, 5.41) is 9.03. The topological polar surface area (TPSA) is 81.1 Å². The first kappa shape index (κ1) is 14.5. The van der Waals surface area contributed by atoms with Gasteiger partial charge in [0.1, 0.15) is 11.4 Å². The predicted octanol–water partition coefficient (Wildman–Crippen LogP) is 2.18. The molecular formula is C15H21N3O2. The molecule has 1 heterocycles. The molecule has 0 saturated heterocycles. The summed E-state index contributed by atoms with van der Waals surface area (Å²) in [6.45, 7) is 4.37. The van der Waals surface area contributed by atoms with Gasteiger partial charge in [0.2, 0.25) is 0 Å². The molecule has 0 radical (unpaired) electrons. The van der Waals surface area contributed by atoms with Crippen LogP contribution in [0.2, 0.25) is 0 Å². The van der Waals surface area contributed by atoms with Gasteiger partial charge in [-0.25, -0.2) is 4.98 Å². The number of aryl methyl sites for hydroxylation is 2. The van der Waals surface area contributed by atoms with Crippen LogP contribution in [0.15, 0.2) is 24.3 Å². The summed E-state index contributed by atoms with van der Waals surface area (Å²) < 4.78 is 2.16. The molecule has 5 heteroatoms. The fourth-order valence-electron chi connectivity index (χ4n) is 2.36. The first-order valence-corrected chi connectivity index (χ1v) is 6.92. The molecule has 0 saturated carbocycles. The monoisotopic (exact) mass is 275 g/mol. The van der Waals surface area contributed by atoms with E-state index < -0.39 is 11.5 Å². The maximum Gasteiger partial charge on any atom is 0.323 e. The highest BCUT2D eigenvalue weighted by atomic mass is 16.4. The Morgan fingerprint density at radius 3 is 2.80 bits per heavy atom. The number of fused-ring (bicyclic) bond motifs is 1. The number of nitrogens with two attached hydrogens (primary N) is 1. The Balaban J connectivity index is 2.15. The van der Waals surface area contributed by atoms with Crippen molar-refractivity contribution in [2.24, 2.45) is 5.73 Å². The Morgan fingerprint density at radius 1 is 1.45 bits per heavy atom. The highest BCUT2D eigenvalue weighted by Gasteiger charge is 2.27. The Morgan fingerprint density at radius 2 is 2.15 bits per heavy atom. The van der Waals surface area contributed by atoms with Crippen molar-refractivity contribution in [1.82, 2.24) is 9.55 Å². The molecule has 1 atom stereocenters. The van der Waals surface area contributed by atoms with Crippen LogP contribution in [-0.4, -0.2) is 26.2 Å². The Bertz CT molecular complexity index is 617. The van der Waals surface area contributed by atoms with Crippen LogP contribution in [0.5, 0.6) is 0 Å². The van der Waals surface area contributed by atoms with Crippen LogP contribution >= 0.6 is 0 Å². The van der Waals surface area contributed by atoms with Gasteiger partial charge >= 0.3 is 5.97 Å². The van der Waals surface area contributed by atoms with E-state index in [2.05, 4.69) is 16.5 Å². The average molecular weight is 275 g/mol.